The number of aliphatic hydroxyl groups excluding tert-OH is 3. The van der Waals surface area contributed by atoms with Gasteiger partial charge in [0.05, 0.1) is 7.11 Å². The molecule has 27 heavy (non-hydrogen) atoms. The van der Waals surface area contributed by atoms with E-state index in [4.69, 9.17) is 21.1 Å². The number of hydrogen-bond donors (Lipinski definition) is 3. The van der Waals surface area contributed by atoms with E-state index in [0.717, 1.165) is 16.9 Å². The zero-order valence-corrected chi connectivity index (χ0v) is 15.3. The molecule has 3 N–H and O–H groups in total. The molecule has 1 heterocycles. The predicted octanol–water partition coefficient (Wildman–Crippen LogP) is 2.90. The van der Waals surface area contributed by atoms with Crippen LogP contribution in [0.15, 0.2) is 54.6 Å². The smallest absolute Gasteiger partial charge is 0.156 e. The van der Waals surface area contributed by atoms with Crippen molar-refractivity contribution in [3.63, 3.8) is 0 Å². The lowest BCUT2D eigenvalue weighted by Crippen LogP contribution is -2.47. The van der Waals surface area contributed by atoms with Crippen molar-refractivity contribution in [3.05, 3.63) is 76.3 Å². The molecule has 3 rings (SSSR count). The quantitative estimate of drug-likeness (QED) is 0.743. The minimum atomic E-state index is -1.62. The minimum Gasteiger partial charge on any atom is -0.497 e. The molecular formula is C20H20ClFO5. The highest BCUT2D eigenvalue weighted by atomic mass is 35.5. The van der Waals surface area contributed by atoms with Crippen molar-refractivity contribution < 1.29 is 29.2 Å². The summed E-state index contributed by atoms with van der Waals surface area (Å²) in [7, 11) is 1.59. The van der Waals surface area contributed by atoms with Gasteiger partial charge in [0.1, 0.15) is 30.4 Å². The number of aliphatic hydroxyl groups is 3. The lowest BCUT2D eigenvalue weighted by molar-refractivity contribution is -0.158. The van der Waals surface area contributed by atoms with E-state index in [2.05, 4.69) is 0 Å². The van der Waals surface area contributed by atoms with E-state index in [0.29, 0.717) is 17.0 Å². The fraction of sp³-hybridized carbons (Fsp3) is 0.300. The SMILES string of the molecule is COc1ccc(Cc2cc([C@@H]3OC(=CF)[C@@H](O)[C@H](O)[C@H]3O)ccc2Cl)cc1. The molecule has 1 saturated heterocycles. The molecule has 0 aromatic heterocycles. The van der Waals surface area contributed by atoms with E-state index in [-0.39, 0.29) is 6.33 Å². The van der Waals surface area contributed by atoms with Crippen LogP contribution in [0.4, 0.5) is 4.39 Å². The van der Waals surface area contributed by atoms with E-state index >= 15 is 0 Å². The van der Waals surface area contributed by atoms with Crippen molar-refractivity contribution in [2.45, 2.75) is 30.8 Å². The molecule has 5 nitrogen and oxygen atoms in total. The molecule has 1 aliphatic rings. The van der Waals surface area contributed by atoms with Crippen LogP contribution < -0.4 is 4.74 Å². The van der Waals surface area contributed by atoms with E-state index in [1.807, 2.05) is 24.3 Å². The summed E-state index contributed by atoms with van der Waals surface area (Å²) >= 11 is 6.30. The highest BCUT2D eigenvalue weighted by Gasteiger charge is 2.42. The number of halogens is 2. The summed E-state index contributed by atoms with van der Waals surface area (Å²) in [5.41, 5.74) is 2.29. The molecule has 0 amide bonds. The van der Waals surface area contributed by atoms with Crippen LogP contribution in [0.2, 0.25) is 5.02 Å². The van der Waals surface area contributed by atoms with Crippen molar-refractivity contribution in [2.75, 3.05) is 7.11 Å². The summed E-state index contributed by atoms with van der Waals surface area (Å²) in [4.78, 5) is 0. The lowest BCUT2D eigenvalue weighted by Gasteiger charge is -2.37. The largest absolute Gasteiger partial charge is 0.497 e. The minimum absolute atomic E-state index is 0.0843. The Hall–Kier alpha value is -2.12. The molecule has 0 spiro atoms. The first-order chi connectivity index (χ1) is 12.9. The topological polar surface area (TPSA) is 79.2 Å². The number of methoxy groups -OCH3 is 1. The van der Waals surface area contributed by atoms with Crippen LogP contribution in [0, 0.1) is 0 Å². The van der Waals surface area contributed by atoms with Crippen LogP contribution in [0.5, 0.6) is 5.75 Å². The molecule has 2 aromatic rings. The molecule has 144 valence electrons. The lowest BCUT2D eigenvalue weighted by atomic mass is 9.92. The normalized spacial score (nSPS) is 26.7. The van der Waals surface area contributed by atoms with Crippen molar-refractivity contribution in [2.24, 2.45) is 0 Å². The number of ether oxygens (including phenoxy) is 2. The fourth-order valence-corrected chi connectivity index (χ4v) is 3.23. The Balaban J connectivity index is 1.87. The molecule has 0 aliphatic carbocycles. The Morgan fingerprint density at radius 3 is 2.44 bits per heavy atom. The number of rotatable bonds is 4. The molecule has 1 aliphatic heterocycles. The molecule has 0 saturated carbocycles. The van der Waals surface area contributed by atoms with Gasteiger partial charge in [-0.1, -0.05) is 35.9 Å². The zero-order chi connectivity index (χ0) is 19.6. The molecule has 2 aromatic carbocycles. The van der Waals surface area contributed by atoms with Gasteiger partial charge in [0.2, 0.25) is 0 Å². The van der Waals surface area contributed by atoms with Crippen molar-refractivity contribution in [1.29, 1.82) is 0 Å². The second kappa shape index (κ2) is 8.27. The molecule has 1 fully saturated rings. The van der Waals surface area contributed by atoms with Crippen LogP contribution in [-0.4, -0.2) is 40.7 Å². The second-order valence-electron chi connectivity index (χ2n) is 6.35. The van der Waals surface area contributed by atoms with Gasteiger partial charge in [-0.2, -0.15) is 0 Å². The van der Waals surface area contributed by atoms with Gasteiger partial charge in [0.15, 0.2) is 11.9 Å². The first-order valence-corrected chi connectivity index (χ1v) is 8.74. The highest BCUT2D eigenvalue weighted by Crippen LogP contribution is 2.36. The average molecular weight is 395 g/mol. The van der Waals surface area contributed by atoms with Crippen LogP contribution in [0.1, 0.15) is 22.8 Å². The van der Waals surface area contributed by atoms with E-state index in [1.165, 1.54) is 0 Å². The molecule has 0 unspecified atom stereocenters. The van der Waals surface area contributed by atoms with Gasteiger partial charge in [0, 0.05) is 5.02 Å². The van der Waals surface area contributed by atoms with Gasteiger partial charge in [0.25, 0.3) is 0 Å². The van der Waals surface area contributed by atoms with Crippen LogP contribution in [0.3, 0.4) is 0 Å². The maximum absolute atomic E-state index is 12.9. The Morgan fingerprint density at radius 2 is 1.81 bits per heavy atom. The number of hydrogen-bond acceptors (Lipinski definition) is 5. The summed E-state index contributed by atoms with van der Waals surface area (Å²) in [5, 5.41) is 30.5. The summed E-state index contributed by atoms with van der Waals surface area (Å²) in [5.74, 6) is 0.319. The first kappa shape index (κ1) is 19.6. The maximum Gasteiger partial charge on any atom is 0.156 e. The van der Waals surface area contributed by atoms with E-state index < -0.39 is 30.2 Å². The van der Waals surface area contributed by atoms with Gasteiger partial charge >= 0.3 is 0 Å². The summed E-state index contributed by atoms with van der Waals surface area (Å²) in [6.07, 6.45) is -5.02. The van der Waals surface area contributed by atoms with Crippen LogP contribution in [0.25, 0.3) is 0 Å². The molecule has 4 atom stereocenters. The van der Waals surface area contributed by atoms with E-state index in [9.17, 15) is 19.7 Å². The Labute approximate surface area is 161 Å². The van der Waals surface area contributed by atoms with Crippen LogP contribution >= 0.6 is 11.6 Å². The highest BCUT2D eigenvalue weighted by molar-refractivity contribution is 6.31. The van der Waals surface area contributed by atoms with Gasteiger partial charge in [-0.3, -0.25) is 0 Å². The Bertz CT molecular complexity index is 824. The Kier molecular flexibility index (Phi) is 6.01. The second-order valence-corrected chi connectivity index (χ2v) is 6.76. The summed E-state index contributed by atoms with van der Waals surface area (Å²) < 4.78 is 23.4. The van der Waals surface area contributed by atoms with Gasteiger partial charge < -0.3 is 24.8 Å². The third-order valence-electron chi connectivity index (χ3n) is 4.60. The van der Waals surface area contributed by atoms with Crippen LogP contribution in [-0.2, 0) is 11.2 Å². The standard InChI is InChI=1S/C20H20ClFO5/c1-26-14-5-2-11(3-6-14)8-13-9-12(4-7-15(13)21)20-19(25)18(24)17(23)16(10-22)27-20/h2-7,9-10,17-20,23-25H,8H2,1H3/t17-,18+,19-,20+/m1/s1. The van der Waals surface area contributed by atoms with Crippen molar-refractivity contribution in [3.8, 4) is 5.75 Å². The average Bonchev–Trinajstić information content (AvgIpc) is 2.69. The van der Waals surface area contributed by atoms with Gasteiger partial charge in [-0.05, 0) is 41.3 Å². The predicted molar refractivity (Wildman–Crippen MR) is 98.3 cm³/mol. The zero-order valence-electron chi connectivity index (χ0n) is 14.5. The maximum atomic E-state index is 12.9. The van der Waals surface area contributed by atoms with Gasteiger partial charge in [-0.25, -0.2) is 4.39 Å². The monoisotopic (exact) mass is 394 g/mol. The molecule has 0 radical (unpaired) electrons. The van der Waals surface area contributed by atoms with Crippen molar-refractivity contribution >= 4 is 11.6 Å². The summed E-state index contributed by atoms with van der Waals surface area (Å²) in [6, 6.07) is 12.5. The van der Waals surface area contributed by atoms with Crippen molar-refractivity contribution in [1.82, 2.24) is 0 Å². The fourth-order valence-electron chi connectivity index (χ4n) is 3.05. The first-order valence-electron chi connectivity index (χ1n) is 8.37. The molecule has 0 bridgehead atoms. The third-order valence-corrected chi connectivity index (χ3v) is 4.97. The number of benzene rings is 2. The molecule has 7 heteroatoms. The summed E-state index contributed by atoms with van der Waals surface area (Å²) in [6.45, 7) is 0. The Morgan fingerprint density at radius 1 is 1.11 bits per heavy atom. The molecular weight excluding hydrogens is 375 g/mol. The van der Waals surface area contributed by atoms with Gasteiger partial charge in [-0.15, -0.1) is 0 Å². The third kappa shape index (κ3) is 4.09. The van der Waals surface area contributed by atoms with E-state index in [1.54, 1.807) is 25.3 Å².